The summed E-state index contributed by atoms with van der Waals surface area (Å²) in [5.41, 5.74) is 1.95. The Bertz CT molecular complexity index is 739. The highest BCUT2D eigenvalue weighted by Crippen LogP contribution is 2.10. The summed E-state index contributed by atoms with van der Waals surface area (Å²) >= 11 is 0. The van der Waals surface area contributed by atoms with E-state index in [0.29, 0.717) is 16.8 Å². The molecule has 0 aliphatic rings. The lowest BCUT2D eigenvalue weighted by atomic mass is 10.1. The van der Waals surface area contributed by atoms with E-state index in [0.717, 1.165) is 0 Å². The van der Waals surface area contributed by atoms with E-state index in [1.165, 1.54) is 19.1 Å². The quantitative estimate of drug-likeness (QED) is 0.789. The maximum atomic E-state index is 12.1. The fraction of sp³-hybridized carbons (Fsp3) is 0.118. The lowest BCUT2D eigenvalue weighted by Gasteiger charge is -2.07. The summed E-state index contributed by atoms with van der Waals surface area (Å²) in [4.78, 5) is 33.9. The van der Waals surface area contributed by atoms with E-state index in [1.54, 1.807) is 36.4 Å². The number of benzene rings is 2. The smallest absolute Gasteiger partial charge is 0.335 e. The summed E-state index contributed by atoms with van der Waals surface area (Å²) in [6, 6.07) is 12.9. The number of nitrogens with one attached hydrogen (secondary N) is 2. The van der Waals surface area contributed by atoms with Crippen LogP contribution in [-0.2, 0) is 11.3 Å². The molecule has 3 N–H and O–H groups in total. The molecule has 0 unspecified atom stereocenters. The van der Waals surface area contributed by atoms with Gasteiger partial charge in [0.2, 0.25) is 5.91 Å². The van der Waals surface area contributed by atoms with Crippen molar-refractivity contribution in [3.63, 3.8) is 0 Å². The molecule has 0 radical (unpaired) electrons. The summed E-state index contributed by atoms with van der Waals surface area (Å²) in [5, 5.41) is 14.3. The first-order valence-electron chi connectivity index (χ1n) is 6.94. The number of carbonyl (C=O) groups is 3. The Balaban J connectivity index is 1.98. The van der Waals surface area contributed by atoms with E-state index in [2.05, 4.69) is 10.6 Å². The number of carboxylic acid groups (broad SMARTS) is 1. The average Bonchev–Trinajstić information content (AvgIpc) is 2.53. The molecule has 0 heterocycles. The Morgan fingerprint density at radius 3 is 2.30 bits per heavy atom. The molecule has 2 rings (SSSR count). The van der Waals surface area contributed by atoms with Crippen LogP contribution in [0, 0.1) is 0 Å². The van der Waals surface area contributed by atoms with E-state index >= 15 is 0 Å². The Labute approximate surface area is 133 Å². The van der Waals surface area contributed by atoms with Crippen LogP contribution in [0.15, 0.2) is 48.5 Å². The molecule has 2 aromatic carbocycles. The number of rotatable bonds is 5. The molecular formula is C17H16N2O4. The van der Waals surface area contributed by atoms with Crippen molar-refractivity contribution in [3.8, 4) is 0 Å². The van der Waals surface area contributed by atoms with Crippen LogP contribution in [-0.4, -0.2) is 22.9 Å². The maximum absolute atomic E-state index is 12.1. The molecular weight excluding hydrogens is 296 g/mol. The second-order valence-electron chi connectivity index (χ2n) is 4.95. The van der Waals surface area contributed by atoms with Crippen molar-refractivity contribution >= 4 is 23.5 Å². The van der Waals surface area contributed by atoms with Crippen molar-refractivity contribution in [2.45, 2.75) is 13.5 Å². The van der Waals surface area contributed by atoms with Gasteiger partial charge in [-0.25, -0.2) is 4.79 Å². The number of aromatic carboxylic acids is 1. The minimum absolute atomic E-state index is 0.177. The van der Waals surface area contributed by atoms with Gasteiger partial charge in [-0.15, -0.1) is 0 Å². The van der Waals surface area contributed by atoms with Gasteiger partial charge in [0.15, 0.2) is 0 Å². The Morgan fingerprint density at radius 2 is 1.70 bits per heavy atom. The average molecular weight is 312 g/mol. The molecule has 0 saturated carbocycles. The largest absolute Gasteiger partial charge is 0.478 e. The van der Waals surface area contributed by atoms with Crippen molar-refractivity contribution in [1.29, 1.82) is 0 Å². The van der Waals surface area contributed by atoms with Gasteiger partial charge in [-0.3, -0.25) is 9.59 Å². The number of hydrogen-bond donors (Lipinski definition) is 3. The van der Waals surface area contributed by atoms with Gasteiger partial charge in [0, 0.05) is 24.7 Å². The maximum Gasteiger partial charge on any atom is 0.335 e. The van der Waals surface area contributed by atoms with Crippen molar-refractivity contribution in [2.24, 2.45) is 0 Å². The van der Waals surface area contributed by atoms with Crippen LogP contribution < -0.4 is 10.6 Å². The predicted molar refractivity (Wildman–Crippen MR) is 85.3 cm³/mol. The van der Waals surface area contributed by atoms with E-state index in [9.17, 15) is 14.4 Å². The molecule has 0 atom stereocenters. The lowest BCUT2D eigenvalue weighted by Crippen LogP contribution is -2.22. The molecule has 0 aromatic heterocycles. The molecule has 0 bridgehead atoms. The fourth-order valence-electron chi connectivity index (χ4n) is 2.01. The zero-order valence-electron chi connectivity index (χ0n) is 12.5. The van der Waals surface area contributed by atoms with Crippen LogP contribution in [0.2, 0.25) is 0 Å². The lowest BCUT2D eigenvalue weighted by molar-refractivity contribution is -0.114. The van der Waals surface area contributed by atoms with E-state index in [-0.39, 0.29) is 23.9 Å². The first-order valence-corrected chi connectivity index (χ1v) is 6.94. The highest BCUT2D eigenvalue weighted by Gasteiger charge is 2.07. The summed E-state index contributed by atoms with van der Waals surface area (Å²) in [6.45, 7) is 1.64. The summed E-state index contributed by atoms with van der Waals surface area (Å²) in [6.07, 6.45) is 0. The van der Waals surface area contributed by atoms with Crippen molar-refractivity contribution in [2.75, 3.05) is 5.32 Å². The SMILES string of the molecule is CC(=O)Nc1ccc(C(=O)NCc2cccc(C(=O)O)c2)cc1. The second kappa shape index (κ2) is 7.22. The highest BCUT2D eigenvalue weighted by molar-refractivity contribution is 5.95. The molecule has 0 saturated heterocycles. The van der Waals surface area contributed by atoms with Crippen molar-refractivity contribution in [1.82, 2.24) is 5.32 Å². The molecule has 0 spiro atoms. The van der Waals surface area contributed by atoms with Crippen molar-refractivity contribution in [3.05, 3.63) is 65.2 Å². The summed E-state index contributed by atoms with van der Waals surface area (Å²) in [7, 11) is 0. The number of carbonyl (C=O) groups excluding carboxylic acids is 2. The fourth-order valence-corrected chi connectivity index (χ4v) is 2.01. The normalized spacial score (nSPS) is 9.96. The van der Waals surface area contributed by atoms with Crippen LogP contribution in [0.4, 0.5) is 5.69 Å². The summed E-state index contributed by atoms with van der Waals surface area (Å²) < 4.78 is 0. The zero-order valence-corrected chi connectivity index (χ0v) is 12.5. The van der Waals surface area contributed by atoms with Crippen LogP contribution >= 0.6 is 0 Å². The molecule has 0 aliphatic carbocycles. The van der Waals surface area contributed by atoms with Gasteiger partial charge in [0.25, 0.3) is 5.91 Å². The number of amides is 2. The van der Waals surface area contributed by atoms with Crippen LogP contribution in [0.3, 0.4) is 0 Å². The van der Waals surface area contributed by atoms with E-state index < -0.39 is 5.97 Å². The highest BCUT2D eigenvalue weighted by atomic mass is 16.4. The minimum atomic E-state index is -1.01. The third-order valence-corrected chi connectivity index (χ3v) is 3.09. The number of anilines is 1. The van der Waals surface area contributed by atoms with Gasteiger partial charge >= 0.3 is 5.97 Å². The van der Waals surface area contributed by atoms with E-state index in [4.69, 9.17) is 5.11 Å². The molecule has 0 aliphatic heterocycles. The Morgan fingerprint density at radius 1 is 1.00 bits per heavy atom. The minimum Gasteiger partial charge on any atom is -0.478 e. The first-order chi connectivity index (χ1) is 11.0. The third-order valence-electron chi connectivity index (χ3n) is 3.09. The van der Waals surface area contributed by atoms with Gasteiger partial charge in [0.1, 0.15) is 0 Å². The number of carboxylic acids is 1. The monoisotopic (exact) mass is 312 g/mol. The molecule has 23 heavy (non-hydrogen) atoms. The van der Waals surface area contributed by atoms with Gasteiger partial charge in [-0.1, -0.05) is 12.1 Å². The Kier molecular flexibility index (Phi) is 5.09. The number of hydrogen-bond acceptors (Lipinski definition) is 3. The molecule has 118 valence electrons. The van der Waals surface area contributed by atoms with Gasteiger partial charge in [-0.2, -0.15) is 0 Å². The Hall–Kier alpha value is -3.15. The van der Waals surface area contributed by atoms with Crippen LogP contribution in [0.5, 0.6) is 0 Å². The second-order valence-corrected chi connectivity index (χ2v) is 4.95. The van der Waals surface area contributed by atoms with Crippen LogP contribution in [0.1, 0.15) is 33.2 Å². The van der Waals surface area contributed by atoms with Crippen molar-refractivity contribution < 1.29 is 19.5 Å². The van der Waals surface area contributed by atoms with Gasteiger partial charge in [0.05, 0.1) is 5.56 Å². The van der Waals surface area contributed by atoms with Gasteiger partial charge < -0.3 is 15.7 Å². The molecule has 6 heteroatoms. The molecule has 0 fully saturated rings. The van der Waals surface area contributed by atoms with E-state index in [1.807, 2.05) is 0 Å². The molecule has 2 aromatic rings. The summed E-state index contributed by atoms with van der Waals surface area (Å²) in [5.74, 6) is -1.47. The van der Waals surface area contributed by atoms with Crippen LogP contribution in [0.25, 0.3) is 0 Å². The molecule has 6 nitrogen and oxygen atoms in total. The predicted octanol–water partition coefficient (Wildman–Crippen LogP) is 2.27. The standard InChI is InChI=1S/C17H16N2O4/c1-11(20)19-15-7-5-13(6-8-15)16(21)18-10-12-3-2-4-14(9-12)17(22)23/h2-9H,10H2,1H3,(H,18,21)(H,19,20)(H,22,23). The topological polar surface area (TPSA) is 95.5 Å². The zero-order chi connectivity index (χ0) is 16.8. The first kappa shape index (κ1) is 16.2. The van der Waals surface area contributed by atoms with Gasteiger partial charge in [-0.05, 0) is 42.0 Å². The molecule has 2 amide bonds. The third kappa shape index (κ3) is 4.67.